The van der Waals surface area contributed by atoms with E-state index in [1.54, 1.807) is 19.9 Å². The third kappa shape index (κ3) is 3.40. The van der Waals surface area contributed by atoms with Crippen molar-refractivity contribution in [3.8, 4) is 0 Å². The van der Waals surface area contributed by atoms with Gasteiger partial charge in [0, 0.05) is 10.9 Å². The summed E-state index contributed by atoms with van der Waals surface area (Å²) >= 11 is 0. The van der Waals surface area contributed by atoms with Crippen molar-refractivity contribution in [3.05, 3.63) is 65.2 Å². The molecule has 0 spiro atoms. The first-order valence-corrected chi connectivity index (χ1v) is 7.63. The van der Waals surface area contributed by atoms with E-state index in [4.69, 9.17) is 0 Å². The van der Waals surface area contributed by atoms with E-state index in [1.807, 2.05) is 18.2 Å². The molecule has 0 saturated carbocycles. The predicted molar refractivity (Wildman–Crippen MR) is 87.7 cm³/mol. The van der Waals surface area contributed by atoms with Crippen molar-refractivity contribution in [2.24, 2.45) is 0 Å². The van der Waals surface area contributed by atoms with Gasteiger partial charge in [0.2, 0.25) is 0 Å². The summed E-state index contributed by atoms with van der Waals surface area (Å²) in [5, 5.41) is 3.72. The van der Waals surface area contributed by atoms with Crippen LogP contribution in [0.3, 0.4) is 0 Å². The van der Waals surface area contributed by atoms with Crippen LogP contribution in [0, 0.1) is 12.7 Å². The Labute approximate surface area is 141 Å². The van der Waals surface area contributed by atoms with Gasteiger partial charge in [-0.05, 0) is 32.0 Å². The minimum atomic E-state index is -4.74. The molecule has 0 aliphatic heterocycles. The van der Waals surface area contributed by atoms with Gasteiger partial charge in [-0.1, -0.05) is 24.3 Å². The van der Waals surface area contributed by atoms with Crippen molar-refractivity contribution >= 4 is 16.7 Å². The topological polar surface area (TPSA) is 37.8 Å². The van der Waals surface area contributed by atoms with Crippen molar-refractivity contribution < 1.29 is 17.6 Å². The van der Waals surface area contributed by atoms with Crippen LogP contribution in [-0.2, 0) is 6.18 Å². The molecule has 0 radical (unpaired) electrons. The highest BCUT2D eigenvalue weighted by Gasteiger charge is 2.35. The van der Waals surface area contributed by atoms with Gasteiger partial charge < -0.3 is 5.32 Å². The molecule has 1 atom stereocenters. The fourth-order valence-electron chi connectivity index (χ4n) is 2.69. The number of aryl methyl sites for hydroxylation is 1. The van der Waals surface area contributed by atoms with Crippen LogP contribution >= 0.6 is 0 Å². The molecule has 25 heavy (non-hydrogen) atoms. The molecule has 1 unspecified atom stereocenters. The van der Waals surface area contributed by atoms with Crippen LogP contribution in [0.5, 0.6) is 0 Å². The molecule has 0 aliphatic rings. The summed E-state index contributed by atoms with van der Waals surface area (Å²) in [7, 11) is 0. The van der Waals surface area contributed by atoms with Crippen molar-refractivity contribution in [2.75, 3.05) is 5.32 Å². The third-order valence-electron chi connectivity index (χ3n) is 3.87. The zero-order chi connectivity index (χ0) is 18.2. The molecule has 0 saturated heterocycles. The highest BCUT2D eigenvalue weighted by atomic mass is 19.4. The molecule has 0 fully saturated rings. The van der Waals surface area contributed by atoms with Crippen LogP contribution in [0.25, 0.3) is 10.9 Å². The van der Waals surface area contributed by atoms with Gasteiger partial charge in [-0.2, -0.15) is 13.2 Å². The van der Waals surface area contributed by atoms with Crippen LogP contribution in [0.2, 0.25) is 0 Å². The van der Waals surface area contributed by atoms with Crippen molar-refractivity contribution in [1.82, 2.24) is 9.97 Å². The second-order valence-corrected chi connectivity index (χ2v) is 5.71. The molecule has 2 aromatic carbocycles. The zero-order valence-electron chi connectivity index (χ0n) is 13.5. The molecular weight excluding hydrogens is 334 g/mol. The van der Waals surface area contributed by atoms with Gasteiger partial charge in [-0.15, -0.1) is 0 Å². The first-order chi connectivity index (χ1) is 11.8. The number of hydrogen-bond acceptors (Lipinski definition) is 3. The van der Waals surface area contributed by atoms with Gasteiger partial charge in [-0.3, -0.25) is 0 Å². The quantitative estimate of drug-likeness (QED) is 0.655. The largest absolute Gasteiger partial charge is 0.419 e. The Hall–Kier alpha value is -2.70. The number of hydrogen-bond donors (Lipinski definition) is 1. The van der Waals surface area contributed by atoms with Gasteiger partial charge in [0.15, 0.2) is 0 Å². The van der Waals surface area contributed by atoms with E-state index in [-0.39, 0.29) is 5.56 Å². The lowest BCUT2D eigenvalue weighted by Crippen LogP contribution is -2.15. The van der Waals surface area contributed by atoms with Crippen LogP contribution in [-0.4, -0.2) is 9.97 Å². The monoisotopic (exact) mass is 349 g/mol. The SMILES string of the molecule is Cc1nc(NC(C)c2cccc(C(F)(F)F)c2F)c2ccccc2n1. The Morgan fingerprint density at radius 3 is 2.44 bits per heavy atom. The Morgan fingerprint density at radius 1 is 1.00 bits per heavy atom. The Bertz CT molecular complexity index is 922. The Balaban J connectivity index is 2.00. The number of alkyl halides is 3. The fraction of sp³-hybridized carbons (Fsp3) is 0.222. The number of fused-ring (bicyclic) bond motifs is 1. The van der Waals surface area contributed by atoms with Crippen molar-refractivity contribution in [3.63, 3.8) is 0 Å². The van der Waals surface area contributed by atoms with Crippen LogP contribution in [0.4, 0.5) is 23.4 Å². The average Bonchev–Trinajstić information content (AvgIpc) is 2.53. The molecular formula is C18H15F4N3. The number of rotatable bonds is 3. The smallest absolute Gasteiger partial charge is 0.363 e. The first kappa shape index (κ1) is 17.1. The molecule has 1 N–H and O–H groups in total. The number of anilines is 1. The first-order valence-electron chi connectivity index (χ1n) is 7.63. The molecule has 1 heterocycles. The summed E-state index contributed by atoms with van der Waals surface area (Å²) in [5.41, 5.74) is -0.647. The maximum absolute atomic E-state index is 14.3. The molecule has 0 aliphatic carbocycles. The van der Waals surface area contributed by atoms with E-state index < -0.39 is 23.6 Å². The van der Waals surface area contributed by atoms with Crippen LogP contribution < -0.4 is 5.32 Å². The van der Waals surface area contributed by atoms with E-state index in [9.17, 15) is 17.6 Å². The fourth-order valence-corrected chi connectivity index (χ4v) is 2.69. The highest BCUT2D eigenvalue weighted by Crippen LogP contribution is 2.34. The summed E-state index contributed by atoms with van der Waals surface area (Å²) in [6.45, 7) is 3.30. The molecule has 3 nitrogen and oxygen atoms in total. The molecule has 7 heteroatoms. The van der Waals surface area contributed by atoms with Gasteiger partial charge in [0.1, 0.15) is 17.5 Å². The summed E-state index contributed by atoms with van der Waals surface area (Å²) in [6.07, 6.45) is -4.74. The lowest BCUT2D eigenvalue weighted by Gasteiger charge is -2.19. The lowest BCUT2D eigenvalue weighted by atomic mass is 10.0. The van der Waals surface area contributed by atoms with E-state index in [0.29, 0.717) is 22.5 Å². The maximum Gasteiger partial charge on any atom is 0.419 e. The van der Waals surface area contributed by atoms with Gasteiger partial charge in [0.05, 0.1) is 17.1 Å². The predicted octanol–water partition coefficient (Wildman–Crippen LogP) is 5.27. The number of nitrogens with zero attached hydrogens (tertiary/aromatic N) is 2. The molecule has 130 valence electrons. The molecule has 3 aromatic rings. The number of halogens is 4. The lowest BCUT2D eigenvalue weighted by molar-refractivity contribution is -0.140. The van der Waals surface area contributed by atoms with Gasteiger partial charge in [0.25, 0.3) is 0 Å². The second-order valence-electron chi connectivity index (χ2n) is 5.71. The molecule has 3 rings (SSSR count). The number of benzene rings is 2. The van der Waals surface area contributed by atoms with Gasteiger partial charge in [-0.25, -0.2) is 14.4 Å². The van der Waals surface area contributed by atoms with Crippen molar-refractivity contribution in [2.45, 2.75) is 26.1 Å². The summed E-state index contributed by atoms with van der Waals surface area (Å²) in [5.74, 6) is -0.310. The van der Waals surface area contributed by atoms with Crippen LogP contribution in [0.1, 0.15) is 29.9 Å². The average molecular weight is 349 g/mol. The van der Waals surface area contributed by atoms with E-state index in [0.717, 1.165) is 6.07 Å². The standard InChI is InChI=1S/C18H15F4N3/c1-10(12-7-5-8-14(16(12)19)18(20,21)22)23-17-13-6-3-4-9-15(13)24-11(2)25-17/h3-10H,1-2H3,(H,23,24,25). The summed E-state index contributed by atoms with van der Waals surface area (Å²) < 4.78 is 53.0. The maximum atomic E-state index is 14.3. The van der Waals surface area contributed by atoms with E-state index >= 15 is 0 Å². The van der Waals surface area contributed by atoms with Crippen LogP contribution in [0.15, 0.2) is 42.5 Å². The summed E-state index contributed by atoms with van der Waals surface area (Å²) in [6, 6.07) is 9.80. The van der Waals surface area contributed by atoms with Gasteiger partial charge >= 0.3 is 6.18 Å². The Kier molecular flexibility index (Phi) is 4.32. The Morgan fingerprint density at radius 2 is 1.72 bits per heavy atom. The molecule has 0 amide bonds. The van der Waals surface area contributed by atoms with E-state index in [2.05, 4.69) is 15.3 Å². The third-order valence-corrected chi connectivity index (χ3v) is 3.87. The minimum absolute atomic E-state index is 0.0739. The normalized spacial score (nSPS) is 13.0. The zero-order valence-corrected chi connectivity index (χ0v) is 13.5. The number of aromatic nitrogens is 2. The highest BCUT2D eigenvalue weighted by molar-refractivity contribution is 5.89. The molecule has 0 bridgehead atoms. The number of nitrogens with one attached hydrogen (secondary N) is 1. The minimum Gasteiger partial charge on any atom is -0.363 e. The summed E-state index contributed by atoms with van der Waals surface area (Å²) in [4.78, 5) is 8.61. The van der Waals surface area contributed by atoms with Crippen molar-refractivity contribution in [1.29, 1.82) is 0 Å². The second kappa shape index (κ2) is 6.31. The number of para-hydroxylation sites is 1. The van der Waals surface area contributed by atoms with E-state index in [1.165, 1.54) is 12.1 Å². The molecule has 1 aromatic heterocycles.